The molecule has 0 spiro atoms. The van der Waals surface area contributed by atoms with Crippen molar-refractivity contribution in [2.45, 2.75) is 0 Å². The zero-order valence-corrected chi connectivity index (χ0v) is 9.99. The van der Waals surface area contributed by atoms with E-state index in [9.17, 15) is 14.1 Å². The van der Waals surface area contributed by atoms with Crippen LogP contribution >= 0.6 is 22.5 Å². The Balaban J connectivity index is 2.26. The number of hydrogen-bond donors (Lipinski definition) is 1. The molecular weight excluding hydrogens is 264 g/mol. The zero-order chi connectivity index (χ0) is 12.4. The van der Waals surface area contributed by atoms with Gasteiger partial charge in [-0.1, -0.05) is 21.6 Å². The van der Waals surface area contributed by atoms with E-state index in [1.165, 1.54) is 6.07 Å². The molecule has 17 heavy (non-hydrogen) atoms. The molecule has 5 nitrogen and oxygen atoms in total. The summed E-state index contributed by atoms with van der Waals surface area (Å²) in [6.45, 7) is 0. The first-order chi connectivity index (χ1) is 8.08. The number of hydrogen-bond acceptors (Lipinski definition) is 3. The fourth-order valence-corrected chi connectivity index (χ4v) is 2.25. The minimum atomic E-state index is -1.74. The van der Waals surface area contributed by atoms with E-state index in [1.807, 2.05) is 0 Å². The second-order valence-electron chi connectivity index (χ2n) is 3.15. The summed E-state index contributed by atoms with van der Waals surface area (Å²) in [4.78, 5) is 22.9. The maximum absolute atomic E-state index is 11.7. The van der Waals surface area contributed by atoms with Crippen LogP contribution in [-0.2, 0) is 0 Å². The van der Waals surface area contributed by atoms with Crippen molar-refractivity contribution in [3.05, 3.63) is 51.1 Å². The molecule has 0 aliphatic heterocycles. The van der Waals surface area contributed by atoms with Crippen LogP contribution in [0.4, 0.5) is 10.5 Å². The number of nitrogens with one attached hydrogen (secondary N) is 1. The normalized spacial score (nSPS) is 11.3. The number of carbonyl (C=O) groups is 1. The zero-order valence-electron chi connectivity index (χ0n) is 8.42. The van der Waals surface area contributed by atoms with Crippen LogP contribution in [0.5, 0.6) is 0 Å². The topological polar surface area (TPSA) is 74.2 Å². The fraction of sp³-hybridized carbons (Fsp3) is 0. The van der Waals surface area contributed by atoms with Gasteiger partial charge in [0.15, 0.2) is 5.38 Å². The number of halogens is 1. The molecule has 0 aliphatic rings. The van der Waals surface area contributed by atoms with Gasteiger partial charge in [0.1, 0.15) is 0 Å². The minimum Gasteiger partial charge on any atom is -0.570 e. The fourth-order valence-electron chi connectivity index (χ4n) is 1.26. The number of aromatic nitrogens is 1. The van der Waals surface area contributed by atoms with Crippen LogP contribution in [0.1, 0.15) is 0 Å². The molecule has 1 unspecified atom stereocenters. The molecule has 0 aliphatic carbocycles. The van der Waals surface area contributed by atoms with Crippen molar-refractivity contribution in [3.63, 3.8) is 0 Å². The van der Waals surface area contributed by atoms with Crippen LogP contribution in [0.15, 0.2) is 40.5 Å². The molecule has 1 atom stereocenters. The largest absolute Gasteiger partial charge is 0.570 e. The molecule has 0 bridgehead atoms. The van der Waals surface area contributed by atoms with Gasteiger partial charge in [0.25, 0.3) is 0 Å². The molecule has 0 radical (unpaired) electrons. The molecule has 2 rings (SSSR count). The van der Waals surface area contributed by atoms with Crippen LogP contribution in [0.3, 0.4) is 0 Å². The van der Waals surface area contributed by atoms with Gasteiger partial charge in [0.05, 0.1) is 17.0 Å². The number of amides is 1. The Morgan fingerprint density at radius 1 is 1.41 bits per heavy atom. The number of anilines is 1. The van der Waals surface area contributed by atoms with Gasteiger partial charge in [-0.25, -0.2) is 4.79 Å². The Morgan fingerprint density at radius 2 is 2.18 bits per heavy atom. The molecule has 88 valence electrons. The lowest BCUT2D eigenvalue weighted by Gasteiger charge is -2.04. The average Bonchev–Trinajstić information content (AvgIpc) is 2.58. The van der Waals surface area contributed by atoms with Crippen LogP contribution < -0.4 is 10.9 Å². The lowest BCUT2D eigenvalue weighted by Crippen LogP contribution is -2.27. The molecule has 1 amide bonds. The van der Waals surface area contributed by atoms with Crippen LogP contribution in [0, 0.1) is 0 Å². The van der Waals surface area contributed by atoms with Gasteiger partial charge in [0.2, 0.25) is 0 Å². The van der Waals surface area contributed by atoms with Crippen molar-refractivity contribution in [1.82, 2.24) is 3.96 Å². The second kappa shape index (κ2) is 4.70. The molecule has 1 aromatic carbocycles. The number of carbonyl (C=O) groups excluding carboxylic acids is 1. The second-order valence-corrected chi connectivity index (χ2v) is 4.78. The van der Waals surface area contributed by atoms with Gasteiger partial charge in [-0.2, -0.15) is 0 Å². The van der Waals surface area contributed by atoms with E-state index in [0.717, 1.165) is 11.4 Å². The molecule has 1 N–H and O–H groups in total. The summed E-state index contributed by atoms with van der Waals surface area (Å²) in [6.07, 6.45) is 0. The third-order valence-corrected chi connectivity index (χ3v) is 3.28. The van der Waals surface area contributed by atoms with Crippen molar-refractivity contribution < 1.29 is 9.35 Å². The van der Waals surface area contributed by atoms with Gasteiger partial charge in [-0.05, 0) is 18.2 Å². The van der Waals surface area contributed by atoms with Gasteiger partial charge < -0.3 is 9.87 Å². The van der Waals surface area contributed by atoms with E-state index in [4.69, 9.17) is 11.6 Å². The highest BCUT2D eigenvalue weighted by Gasteiger charge is 2.16. The third kappa shape index (κ3) is 2.55. The van der Waals surface area contributed by atoms with E-state index >= 15 is 0 Å². The molecule has 0 saturated carbocycles. The van der Waals surface area contributed by atoms with Crippen LogP contribution in [-0.4, -0.2) is 14.5 Å². The first kappa shape index (κ1) is 11.8. The Kier molecular flexibility index (Phi) is 3.28. The summed E-state index contributed by atoms with van der Waals surface area (Å²) >= 11 is 5.74. The van der Waals surface area contributed by atoms with E-state index in [-0.39, 0.29) is 0 Å². The molecule has 1 heterocycles. The summed E-state index contributed by atoms with van der Waals surface area (Å²) in [6, 6.07) is 6.78. The number of rotatable bonds is 1. The van der Waals surface area contributed by atoms with E-state index in [2.05, 4.69) is 5.32 Å². The van der Waals surface area contributed by atoms with Gasteiger partial charge in [-0.15, -0.1) is 0 Å². The van der Waals surface area contributed by atoms with Crippen LogP contribution in [0.25, 0.3) is 0 Å². The predicted octanol–water partition coefficient (Wildman–Crippen LogP) is 2.31. The summed E-state index contributed by atoms with van der Waals surface area (Å²) in [7, 11) is -1.74. The summed E-state index contributed by atoms with van der Waals surface area (Å²) in [5.41, 5.74) is -0.179. The highest BCUT2D eigenvalue weighted by atomic mass is 35.5. The molecule has 1 aromatic heterocycles. The molecule has 0 fully saturated rings. The van der Waals surface area contributed by atoms with Crippen molar-refractivity contribution in [2.75, 3.05) is 5.32 Å². The van der Waals surface area contributed by atoms with Crippen molar-refractivity contribution in [2.24, 2.45) is 0 Å². The van der Waals surface area contributed by atoms with Gasteiger partial charge in [-0.3, -0.25) is 4.79 Å². The van der Waals surface area contributed by atoms with E-state index < -0.39 is 22.5 Å². The summed E-state index contributed by atoms with van der Waals surface area (Å²) in [5.74, 6) is 0. The lowest BCUT2D eigenvalue weighted by atomic mass is 10.3. The first-order valence-electron chi connectivity index (χ1n) is 4.57. The highest BCUT2D eigenvalue weighted by Crippen LogP contribution is 2.16. The Morgan fingerprint density at radius 3 is 2.76 bits per heavy atom. The lowest BCUT2D eigenvalue weighted by molar-refractivity contribution is 0.254. The predicted molar refractivity (Wildman–Crippen MR) is 65.2 cm³/mol. The van der Waals surface area contributed by atoms with Crippen molar-refractivity contribution in [1.29, 1.82) is 0 Å². The third-order valence-electron chi connectivity index (χ3n) is 1.97. The molecule has 7 heteroatoms. The van der Waals surface area contributed by atoms with Gasteiger partial charge in [0, 0.05) is 10.7 Å². The number of nitrogens with zero attached hydrogens (tertiary/aromatic N) is 1. The summed E-state index contributed by atoms with van der Waals surface area (Å²) in [5, 5.41) is 4.04. The van der Waals surface area contributed by atoms with E-state index in [0.29, 0.717) is 14.7 Å². The molecule has 2 aromatic rings. The highest BCUT2D eigenvalue weighted by molar-refractivity contribution is 7.19. The summed E-state index contributed by atoms with van der Waals surface area (Å²) < 4.78 is 12.0. The van der Waals surface area contributed by atoms with Crippen molar-refractivity contribution in [3.8, 4) is 0 Å². The number of benzene rings is 1. The standard InChI is InChI=1S/C10H7ClN2O3S/c11-7-2-1-3-8(6-7)12-10(15)13-9(14)4-5-17(13)16/h1-6H,(H,12,15). The smallest absolute Gasteiger partial charge is 0.374 e. The quantitative estimate of drug-likeness (QED) is 0.808. The Bertz CT molecular complexity index is 620. The van der Waals surface area contributed by atoms with Crippen LogP contribution in [0.2, 0.25) is 5.02 Å². The first-order valence-corrected chi connectivity index (χ1v) is 6.12. The Hall–Kier alpha value is -1.63. The van der Waals surface area contributed by atoms with Gasteiger partial charge >= 0.3 is 11.6 Å². The monoisotopic (exact) mass is 270 g/mol. The minimum absolute atomic E-state index is 0.430. The van der Waals surface area contributed by atoms with E-state index in [1.54, 1.807) is 18.2 Å². The SMILES string of the molecule is O=C(Nc1cccc(Cl)c1)n1c(=O)cc[s+]1[O-]. The molecular formula is C10H7ClN2O3S. The Labute approximate surface area is 104 Å². The van der Waals surface area contributed by atoms with Crippen molar-refractivity contribution >= 4 is 34.3 Å². The maximum atomic E-state index is 11.7. The maximum Gasteiger partial charge on any atom is 0.374 e. The molecule has 0 saturated heterocycles. The average molecular weight is 271 g/mol.